The second kappa shape index (κ2) is 17.8. The zero-order chi connectivity index (χ0) is 37.4. The van der Waals surface area contributed by atoms with E-state index >= 15 is 0 Å². The van der Waals surface area contributed by atoms with Crippen molar-refractivity contribution in [2.75, 3.05) is 50.7 Å². The second-order valence-electron chi connectivity index (χ2n) is 13.6. The third-order valence-electron chi connectivity index (χ3n) is 9.78. The standard InChI is InChI=1S/C36H50N8O7S/c1-5-6-12-38-32-31-26(40-36(37)41-32)19-43(42-31)18-25-27(50-3)14-23(15-28(25)51-4)11-13-39-33(46)24-9-7-22(8-10-24)17-44-30(45)16-29(34(44)47)52-20-21(2)35(48)49/h14-15,19,21-22,24,29H,5-13,16-18,20H2,1-4H3,(H,39,46)(H,48,49)(H3,37,38,40,41)/t21-,22?,24?,29?/m0/s1. The number of hydrogen-bond acceptors (Lipinski definition) is 12. The van der Waals surface area contributed by atoms with Crippen LogP contribution in [0.1, 0.15) is 69.9 Å². The first-order valence-electron chi connectivity index (χ1n) is 18.0. The molecule has 1 aliphatic heterocycles. The van der Waals surface area contributed by atoms with Crippen LogP contribution in [0, 0.1) is 17.8 Å². The van der Waals surface area contributed by atoms with E-state index in [0.29, 0.717) is 67.2 Å². The van der Waals surface area contributed by atoms with Gasteiger partial charge < -0.3 is 30.9 Å². The molecule has 2 fully saturated rings. The molecule has 0 spiro atoms. The van der Waals surface area contributed by atoms with Crippen molar-refractivity contribution in [2.24, 2.45) is 17.8 Å². The highest BCUT2D eigenvalue weighted by atomic mass is 32.2. The molecular weight excluding hydrogens is 689 g/mol. The molecule has 52 heavy (non-hydrogen) atoms. The molecule has 5 N–H and O–H groups in total. The van der Waals surface area contributed by atoms with E-state index in [1.54, 1.807) is 25.8 Å². The lowest BCUT2D eigenvalue weighted by atomic mass is 9.81. The number of methoxy groups -OCH3 is 2. The largest absolute Gasteiger partial charge is 0.496 e. The number of carboxylic acids is 1. The van der Waals surface area contributed by atoms with Crippen LogP contribution < -0.4 is 25.8 Å². The summed E-state index contributed by atoms with van der Waals surface area (Å²) in [5, 5.41) is 19.7. The van der Waals surface area contributed by atoms with Crippen LogP contribution in [0.5, 0.6) is 11.5 Å². The van der Waals surface area contributed by atoms with Gasteiger partial charge in [-0.05, 0) is 62.1 Å². The topological polar surface area (TPSA) is 204 Å². The Morgan fingerprint density at radius 2 is 1.81 bits per heavy atom. The molecule has 1 aliphatic carbocycles. The van der Waals surface area contributed by atoms with Gasteiger partial charge in [-0.3, -0.25) is 28.8 Å². The minimum Gasteiger partial charge on any atom is -0.496 e. The van der Waals surface area contributed by atoms with Crippen molar-refractivity contribution >= 4 is 58.3 Å². The van der Waals surface area contributed by atoms with Crippen LogP contribution in [0.3, 0.4) is 0 Å². The second-order valence-corrected chi connectivity index (χ2v) is 14.9. The van der Waals surface area contributed by atoms with Crippen LogP contribution in [-0.4, -0.2) is 98.3 Å². The fourth-order valence-electron chi connectivity index (χ4n) is 6.71. The van der Waals surface area contributed by atoms with Crippen molar-refractivity contribution in [1.29, 1.82) is 0 Å². The first-order chi connectivity index (χ1) is 25.0. The highest BCUT2D eigenvalue weighted by molar-refractivity contribution is 8.00. The van der Waals surface area contributed by atoms with Crippen molar-refractivity contribution in [2.45, 2.75) is 77.0 Å². The molecule has 3 aromatic rings. The zero-order valence-electron chi connectivity index (χ0n) is 30.4. The van der Waals surface area contributed by atoms with Gasteiger partial charge in [-0.1, -0.05) is 20.3 Å². The third kappa shape index (κ3) is 9.43. The number of amides is 3. The van der Waals surface area contributed by atoms with Gasteiger partial charge in [0.2, 0.25) is 23.7 Å². The minimum atomic E-state index is -0.916. The molecule has 1 unspecified atom stereocenters. The summed E-state index contributed by atoms with van der Waals surface area (Å²) in [6.07, 6.45) is 7.42. The predicted molar refractivity (Wildman–Crippen MR) is 198 cm³/mol. The van der Waals surface area contributed by atoms with Crippen LogP contribution >= 0.6 is 11.8 Å². The number of carbonyl (C=O) groups excluding carboxylic acids is 3. The van der Waals surface area contributed by atoms with Gasteiger partial charge in [-0.25, -0.2) is 4.98 Å². The van der Waals surface area contributed by atoms with Crippen LogP contribution in [0.4, 0.5) is 11.8 Å². The molecule has 16 heteroatoms. The summed E-state index contributed by atoms with van der Waals surface area (Å²) in [6, 6.07) is 3.90. The number of aliphatic carboxylic acids is 1. The average molecular weight is 739 g/mol. The number of unbranched alkanes of at least 4 members (excludes halogenated alkanes) is 1. The number of nitrogen functional groups attached to an aromatic ring is 1. The molecule has 1 saturated heterocycles. The Hall–Kier alpha value is -4.60. The van der Waals surface area contributed by atoms with E-state index in [2.05, 4.69) is 27.5 Å². The number of nitrogens with zero attached hydrogens (tertiary/aromatic N) is 5. The van der Waals surface area contributed by atoms with E-state index in [1.807, 2.05) is 18.3 Å². The Bertz CT molecular complexity index is 1730. The number of carbonyl (C=O) groups is 4. The number of rotatable bonds is 18. The summed E-state index contributed by atoms with van der Waals surface area (Å²) in [6.45, 7) is 5.63. The Labute approximate surface area is 307 Å². The van der Waals surface area contributed by atoms with E-state index in [0.717, 1.165) is 43.4 Å². The summed E-state index contributed by atoms with van der Waals surface area (Å²) in [5.41, 5.74) is 8.99. The molecule has 5 rings (SSSR count). The van der Waals surface area contributed by atoms with Crippen LogP contribution in [0.15, 0.2) is 18.3 Å². The van der Waals surface area contributed by atoms with Gasteiger partial charge in [-0.15, -0.1) is 11.8 Å². The summed E-state index contributed by atoms with van der Waals surface area (Å²) in [4.78, 5) is 59.8. The molecule has 2 atom stereocenters. The van der Waals surface area contributed by atoms with Crippen LogP contribution in [0.25, 0.3) is 11.0 Å². The molecule has 0 radical (unpaired) electrons. The molecule has 3 amide bonds. The Balaban J connectivity index is 1.12. The number of fused-ring (bicyclic) bond motifs is 1. The molecule has 3 heterocycles. The fourth-order valence-corrected chi connectivity index (χ4v) is 7.91. The molecule has 15 nitrogen and oxygen atoms in total. The summed E-state index contributed by atoms with van der Waals surface area (Å²) < 4.78 is 13.3. The first-order valence-corrected chi connectivity index (χ1v) is 19.0. The number of ether oxygens (including phenoxy) is 2. The van der Waals surface area contributed by atoms with Crippen LogP contribution in [0.2, 0.25) is 0 Å². The Morgan fingerprint density at radius 1 is 1.10 bits per heavy atom. The molecular formula is C36H50N8O7S. The molecule has 1 aromatic carbocycles. The van der Waals surface area contributed by atoms with Crippen molar-refractivity contribution in [3.8, 4) is 11.5 Å². The number of anilines is 2. The van der Waals surface area contributed by atoms with Crippen LogP contribution in [-0.2, 0) is 32.1 Å². The number of carboxylic acid groups (broad SMARTS) is 1. The lowest BCUT2D eigenvalue weighted by Crippen LogP contribution is -2.39. The van der Waals surface area contributed by atoms with Gasteiger partial charge in [0.15, 0.2) is 11.3 Å². The minimum absolute atomic E-state index is 0.00405. The lowest BCUT2D eigenvalue weighted by molar-refractivity contribution is -0.141. The van der Waals surface area contributed by atoms with Gasteiger partial charge in [0.25, 0.3) is 0 Å². The van der Waals surface area contributed by atoms with Crippen molar-refractivity contribution in [3.63, 3.8) is 0 Å². The Kier molecular flexibility index (Phi) is 13.2. The lowest BCUT2D eigenvalue weighted by Gasteiger charge is -2.30. The van der Waals surface area contributed by atoms with Gasteiger partial charge in [0.1, 0.15) is 17.0 Å². The van der Waals surface area contributed by atoms with E-state index in [1.165, 1.54) is 16.7 Å². The molecule has 2 aliphatic rings. The smallest absolute Gasteiger partial charge is 0.307 e. The molecule has 0 bridgehead atoms. The number of likely N-dealkylation sites (tertiary alicyclic amines) is 1. The number of hydrogen-bond donors (Lipinski definition) is 4. The van der Waals surface area contributed by atoms with Crippen molar-refractivity contribution < 1.29 is 33.8 Å². The van der Waals surface area contributed by atoms with E-state index in [4.69, 9.17) is 25.4 Å². The Morgan fingerprint density at radius 3 is 2.46 bits per heavy atom. The highest BCUT2D eigenvalue weighted by Gasteiger charge is 2.40. The van der Waals surface area contributed by atoms with Gasteiger partial charge in [-0.2, -0.15) is 10.1 Å². The monoisotopic (exact) mass is 738 g/mol. The fraction of sp³-hybridized carbons (Fsp3) is 0.583. The average Bonchev–Trinajstić information content (AvgIpc) is 3.66. The highest BCUT2D eigenvalue weighted by Crippen LogP contribution is 2.34. The first kappa shape index (κ1) is 38.6. The summed E-state index contributed by atoms with van der Waals surface area (Å²) in [5.74, 6) is 0.435. The summed E-state index contributed by atoms with van der Waals surface area (Å²) >= 11 is 1.24. The molecule has 1 saturated carbocycles. The third-order valence-corrected chi connectivity index (χ3v) is 11.2. The molecule has 2 aromatic heterocycles. The van der Waals surface area contributed by atoms with Gasteiger partial charge in [0, 0.05) is 37.7 Å². The number of imide groups is 1. The van der Waals surface area contributed by atoms with E-state index < -0.39 is 17.1 Å². The van der Waals surface area contributed by atoms with E-state index in [9.17, 15) is 19.2 Å². The normalized spacial score (nSPS) is 19.5. The predicted octanol–water partition coefficient (Wildman–Crippen LogP) is 3.73. The maximum absolute atomic E-state index is 13.1. The number of nitrogens with two attached hydrogens (primary N) is 1. The van der Waals surface area contributed by atoms with Crippen molar-refractivity contribution in [1.82, 2.24) is 30.0 Å². The molecule has 282 valence electrons. The number of benzene rings is 1. The number of nitrogens with one attached hydrogen (secondary N) is 2. The summed E-state index contributed by atoms with van der Waals surface area (Å²) in [7, 11) is 3.22. The maximum atomic E-state index is 13.1. The SMILES string of the molecule is CCCCNc1nc(N)nc2cn(Cc3c(OC)cc(CCNC(=O)C4CCC(CN5C(=O)CC(SC[C@H](C)C(=O)O)C5=O)CC4)cc3OC)nc12. The quantitative estimate of drug-likeness (QED) is 0.109. The number of aromatic nitrogens is 4. The van der Waals surface area contributed by atoms with Gasteiger partial charge >= 0.3 is 5.97 Å². The number of thioether (sulfide) groups is 1. The maximum Gasteiger partial charge on any atom is 0.307 e. The van der Waals surface area contributed by atoms with E-state index in [-0.39, 0.29) is 47.7 Å². The van der Waals surface area contributed by atoms with Crippen molar-refractivity contribution in [3.05, 3.63) is 29.5 Å². The van der Waals surface area contributed by atoms with Gasteiger partial charge in [0.05, 0.1) is 43.7 Å². The zero-order valence-corrected chi connectivity index (χ0v) is 31.2.